The van der Waals surface area contributed by atoms with Gasteiger partial charge in [-0.2, -0.15) is 11.8 Å². The van der Waals surface area contributed by atoms with Crippen LogP contribution in [-0.2, 0) is 19.2 Å². The summed E-state index contributed by atoms with van der Waals surface area (Å²) in [5.74, 6) is -2.02. The van der Waals surface area contributed by atoms with E-state index in [-0.39, 0.29) is 18.4 Å². The summed E-state index contributed by atoms with van der Waals surface area (Å²) in [5.41, 5.74) is 0. The molecule has 3 amide bonds. The minimum atomic E-state index is -1.28. The first-order chi connectivity index (χ1) is 13.9. The fourth-order valence-corrected chi connectivity index (χ4v) is 4.10. The minimum absolute atomic E-state index is 0.117. The molecule has 5 N–H and O–H groups in total. The van der Waals surface area contributed by atoms with Crippen molar-refractivity contribution in [3.63, 3.8) is 0 Å². The predicted molar refractivity (Wildman–Crippen MR) is 107 cm³/mol. The van der Waals surface area contributed by atoms with Crippen molar-refractivity contribution in [2.75, 3.05) is 31.7 Å². The Labute approximate surface area is 174 Å². The number of carbonyl (C=O) groups excluding carboxylic acids is 3. The molecule has 0 aliphatic carbocycles. The van der Waals surface area contributed by atoms with Gasteiger partial charge in [0.15, 0.2) is 0 Å². The van der Waals surface area contributed by atoms with Crippen LogP contribution in [0.1, 0.15) is 32.1 Å². The van der Waals surface area contributed by atoms with Crippen LogP contribution in [0.3, 0.4) is 0 Å². The van der Waals surface area contributed by atoms with Gasteiger partial charge in [0.25, 0.3) is 0 Å². The van der Waals surface area contributed by atoms with Gasteiger partial charge in [0, 0.05) is 6.54 Å². The third-order valence-electron chi connectivity index (χ3n) is 5.24. The molecule has 4 atom stereocenters. The minimum Gasteiger partial charge on any atom is -0.480 e. The molecule has 2 aliphatic rings. The Bertz CT molecular complexity index is 613. The van der Waals surface area contributed by atoms with Gasteiger partial charge in [-0.25, -0.2) is 4.79 Å². The van der Waals surface area contributed by atoms with Gasteiger partial charge in [0.05, 0.1) is 12.6 Å². The van der Waals surface area contributed by atoms with Crippen LogP contribution in [0.2, 0.25) is 0 Å². The van der Waals surface area contributed by atoms with Crippen molar-refractivity contribution in [2.45, 2.75) is 56.3 Å². The molecule has 2 fully saturated rings. The molecule has 0 bridgehead atoms. The molecule has 10 nitrogen and oxygen atoms in total. The van der Waals surface area contributed by atoms with Crippen molar-refractivity contribution in [3.8, 4) is 0 Å². The Kier molecular flexibility index (Phi) is 9.18. The Morgan fingerprint density at radius 1 is 1.17 bits per heavy atom. The zero-order valence-electron chi connectivity index (χ0n) is 16.6. The number of rotatable bonds is 10. The lowest BCUT2D eigenvalue weighted by Crippen LogP contribution is -2.57. The predicted octanol–water partition coefficient (Wildman–Crippen LogP) is -1.47. The Hall–Kier alpha value is -1.85. The van der Waals surface area contributed by atoms with Crippen molar-refractivity contribution >= 4 is 35.5 Å². The highest BCUT2D eigenvalue weighted by Gasteiger charge is 2.39. The van der Waals surface area contributed by atoms with E-state index in [4.69, 9.17) is 0 Å². The van der Waals surface area contributed by atoms with Gasteiger partial charge in [0.1, 0.15) is 18.1 Å². The fourth-order valence-electron chi connectivity index (χ4n) is 3.63. The third kappa shape index (κ3) is 6.31. The lowest BCUT2D eigenvalue weighted by Gasteiger charge is -2.28. The highest BCUT2D eigenvalue weighted by molar-refractivity contribution is 7.98. The monoisotopic (exact) mass is 430 g/mol. The Morgan fingerprint density at radius 3 is 2.52 bits per heavy atom. The van der Waals surface area contributed by atoms with Gasteiger partial charge >= 0.3 is 5.97 Å². The highest BCUT2D eigenvalue weighted by atomic mass is 32.2. The summed E-state index contributed by atoms with van der Waals surface area (Å²) in [5, 5.41) is 26.7. The van der Waals surface area contributed by atoms with Gasteiger partial charge < -0.3 is 31.1 Å². The molecule has 2 saturated heterocycles. The second-order valence-electron chi connectivity index (χ2n) is 7.26. The normalized spacial score (nSPS) is 23.4. The fraction of sp³-hybridized carbons (Fsp3) is 0.778. The van der Waals surface area contributed by atoms with E-state index < -0.39 is 42.5 Å². The molecule has 0 aromatic carbocycles. The summed E-state index contributed by atoms with van der Waals surface area (Å²) in [4.78, 5) is 50.6. The van der Waals surface area contributed by atoms with Crippen LogP contribution in [0.15, 0.2) is 0 Å². The molecule has 0 spiro atoms. The number of amides is 3. The van der Waals surface area contributed by atoms with Crippen LogP contribution in [-0.4, -0.2) is 94.7 Å². The number of carboxylic acids is 1. The SMILES string of the molecule is CSCCC(NC(=O)C(CO)NC(=O)C1CCCN1C(=O)C1CCCN1)C(=O)O. The molecule has 2 rings (SSSR count). The lowest BCUT2D eigenvalue weighted by molar-refractivity contribution is -0.143. The maximum absolute atomic E-state index is 12.7. The van der Waals surface area contributed by atoms with Crippen molar-refractivity contribution in [3.05, 3.63) is 0 Å². The zero-order chi connectivity index (χ0) is 21.4. The van der Waals surface area contributed by atoms with E-state index in [1.54, 1.807) is 0 Å². The molecule has 0 radical (unpaired) electrons. The van der Waals surface area contributed by atoms with Crippen LogP contribution in [0.4, 0.5) is 0 Å². The van der Waals surface area contributed by atoms with E-state index in [0.29, 0.717) is 25.1 Å². The maximum atomic E-state index is 12.7. The van der Waals surface area contributed by atoms with E-state index in [1.807, 2.05) is 6.26 Å². The standard InChI is InChI=1S/C18H30N4O6S/c1-29-9-6-12(18(27)28)20-15(24)13(10-23)21-16(25)14-5-3-8-22(14)17(26)11-4-2-7-19-11/h11-14,19,23H,2-10H2,1H3,(H,20,24)(H,21,25)(H,27,28). The van der Waals surface area contributed by atoms with E-state index in [1.165, 1.54) is 16.7 Å². The molecule has 4 unspecified atom stereocenters. The van der Waals surface area contributed by atoms with Gasteiger partial charge in [-0.15, -0.1) is 0 Å². The van der Waals surface area contributed by atoms with Crippen LogP contribution in [0.25, 0.3) is 0 Å². The molecular weight excluding hydrogens is 400 g/mol. The zero-order valence-corrected chi connectivity index (χ0v) is 17.4. The molecule has 0 saturated carbocycles. The van der Waals surface area contributed by atoms with Crippen LogP contribution >= 0.6 is 11.8 Å². The van der Waals surface area contributed by atoms with Crippen molar-refractivity contribution < 1.29 is 29.4 Å². The summed E-state index contributed by atoms with van der Waals surface area (Å²) in [7, 11) is 0. The smallest absolute Gasteiger partial charge is 0.326 e. The van der Waals surface area contributed by atoms with Gasteiger partial charge in [0.2, 0.25) is 17.7 Å². The molecule has 164 valence electrons. The average Bonchev–Trinajstić information content (AvgIpc) is 3.40. The summed E-state index contributed by atoms with van der Waals surface area (Å²) in [6, 6.07) is -3.36. The largest absolute Gasteiger partial charge is 0.480 e. The number of nitrogens with one attached hydrogen (secondary N) is 3. The molecule has 11 heteroatoms. The summed E-state index contributed by atoms with van der Waals surface area (Å²) < 4.78 is 0. The quantitative estimate of drug-likeness (QED) is 0.282. The number of aliphatic hydroxyl groups is 1. The number of thioether (sulfide) groups is 1. The summed E-state index contributed by atoms with van der Waals surface area (Å²) in [6.07, 6.45) is 4.87. The second-order valence-corrected chi connectivity index (χ2v) is 8.25. The number of hydrogen-bond acceptors (Lipinski definition) is 7. The van der Waals surface area contributed by atoms with Gasteiger partial charge in [-0.3, -0.25) is 14.4 Å². The van der Waals surface area contributed by atoms with Crippen LogP contribution in [0, 0.1) is 0 Å². The number of hydrogen-bond donors (Lipinski definition) is 5. The topological polar surface area (TPSA) is 148 Å². The molecule has 0 aromatic heterocycles. The molecule has 2 aliphatic heterocycles. The summed E-state index contributed by atoms with van der Waals surface area (Å²) in [6.45, 7) is 0.577. The first-order valence-corrected chi connectivity index (χ1v) is 11.3. The Balaban J connectivity index is 1.95. The molecular formula is C18H30N4O6S. The second kappa shape index (κ2) is 11.4. The van der Waals surface area contributed by atoms with Crippen LogP contribution in [0.5, 0.6) is 0 Å². The number of carboxylic acid groups (broad SMARTS) is 1. The highest BCUT2D eigenvalue weighted by Crippen LogP contribution is 2.21. The molecule has 0 aromatic rings. The third-order valence-corrected chi connectivity index (χ3v) is 5.88. The van der Waals surface area contributed by atoms with Crippen molar-refractivity contribution in [2.24, 2.45) is 0 Å². The number of aliphatic carboxylic acids is 1. The number of nitrogens with zero attached hydrogens (tertiary/aromatic N) is 1. The lowest BCUT2D eigenvalue weighted by atomic mass is 10.1. The number of likely N-dealkylation sites (tertiary alicyclic amines) is 1. The van der Waals surface area contributed by atoms with E-state index >= 15 is 0 Å². The number of carbonyl (C=O) groups is 4. The maximum Gasteiger partial charge on any atom is 0.326 e. The van der Waals surface area contributed by atoms with Crippen LogP contribution < -0.4 is 16.0 Å². The molecule has 2 heterocycles. The van der Waals surface area contributed by atoms with Crippen molar-refractivity contribution in [1.29, 1.82) is 0 Å². The number of aliphatic hydroxyl groups excluding tert-OH is 1. The van der Waals surface area contributed by atoms with Gasteiger partial charge in [-0.05, 0) is 50.7 Å². The van der Waals surface area contributed by atoms with Crippen molar-refractivity contribution in [1.82, 2.24) is 20.9 Å². The first-order valence-electron chi connectivity index (χ1n) is 9.86. The van der Waals surface area contributed by atoms with E-state index in [2.05, 4.69) is 16.0 Å². The first kappa shape index (κ1) is 23.4. The van der Waals surface area contributed by atoms with E-state index in [9.17, 15) is 29.4 Å². The Morgan fingerprint density at radius 2 is 1.93 bits per heavy atom. The summed E-state index contributed by atoms with van der Waals surface area (Å²) >= 11 is 1.45. The average molecular weight is 431 g/mol. The van der Waals surface area contributed by atoms with E-state index in [0.717, 1.165) is 19.4 Å². The van der Waals surface area contributed by atoms with Gasteiger partial charge in [-0.1, -0.05) is 0 Å². The molecule has 29 heavy (non-hydrogen) atoms.